The monoisotopic (exact) mass is 315 g/mol. The maximum atomic E-state index is 11.4. The van der Waals surface area contributed by atoms with Crippen molar-refractivity contribution in [1.29, 1.82) is 0 Å². The highest BCUT2D eigenvalue weighted by Crippen LogP contribution is 2.28. The summed E-state index contributed by atoms with van der Waals surface area (Å²) >= 11 is 0. The zero-order chi connectivity index (χ0) is 17.3. The third-order valence-corrected chi connectivity index (χ3v) is 3.45. The minimum Gasteiger partial charge on any atom is -0.348 e. The van der Waals surface area contributed by atoms with E-state index in [0.29, 0.717) is 0 Å². The maximum absolute atomic E-state index is 11.4. The van der Waals surface area contributed by atoms with Crippen molar-refractivity contribution in [2.45, 2.75) is 26.5 Å². The summed E-state index contributed by atoms with van der Waals surface area (Å²) in [4.78, 5) is 24.1. The SMILES string of the molecule is CC.CC(C=O)COC1(N(C)c2ccccc2)C=CC(=O)C=C1. The standard InChI is InChI=1S/C17H19NO3.C2H6/c1-14(12-19)13-21-17(10-8-16(20)9-11-17)18(2)15-6-4-3-5-7-15;1-2/h3-12,14H,13H2,1-2H3;1-2H3. The number of anilines is 1. The molecule has 1 aromatic carbocycles. The first kappa shape index (κ1) is 18.8. The Bertz CT molecular complexity index is 547. The van der Waals surface area contributed by atoms with Crippen LogP contribution in [0.2, 0.25) is 0 Å². The van der Waals surface area contributed by atoms with Crippen LogP contribution in [0, 0.1) is 5.92 Å². The minimum absolute atomic E-state index is 0.0703. The number of benzene rings is 1. The van der Waals surface area contributed by atoms with Gasteiger partial charge in [0.25, 0.3) is 0 Å². The van der Waals surface area contributed by atoms with E-state index >= 15 is 0 Å². The van der Waals surface area contributed by atoms with Crippen molar-refractivity contribution in [2.24, 2.45) is 5.92 Å². The second kappa shape index (κ2) is 9.06. The fourth-order valence-electron chi connectivity index (χ4n) is 2.09. The van der Waals surface area contributed by atoms with Gasteiger partial charge < -0.3 is 14.4 Å². The van der Waals surface area contributed by atoms with E-state index in [9.17, 15) is 9.59 Å². The molecule has 0 spiro atoms. The first-order valence-corrected chi connectivity index (χ1v) is 7.88. The quantitative estimate of drug-likeness (QED) is 0.596. The van der Waals surface area contributed by atoms with E-state index in [2.05, 4.69) is 0 Å². The van der Waals surface area contributed by atoms with Gasteiger partial charge in [-0.25, -0.2) is 0 Å². The number of ether oxygens (including phenoxy) is 1. The molecule has 2 rings (SSSR count). The zero-order valence-corrected chi connectivity index (χ0v) is 14.2. The molecular weight excluding hydrogens is 290 g/mol. The number of para-hydroxylation sites is 1. The third-order valence-electron chi connectivity index (χ3n) is 3.45. The van der Waals surface area contributed by atoms with Crippen LogP contribution in [0.3, 0.4) is 0 Å². The van der Waals surface area contributed by atoms with Gasteiger partial charge in [-0.05, 0) is 36.4 Å². The van der Waals surface area contributed by atoms with Gasteiger partial charge in [0, 0.05) is 18.7 Å². The van der Waals surface area contributed by atoms with Gasteiger partial charge in [-0.1, -0.05) is 39.0 Å². The van der Waals surface area contributed by atoms with Gasteiger partial charge in [-0.3, -0.25) is 4.79 Å². The average Bonchev–Trinajstić information content (AvgIpc) is 2.63. The summed E-state index contributed by atoms with van der Waals surface area (Å²) in [6.07, 6.45) is 7.29. The number of nitrogens with zero attached hydrogens (tertiary/aromatic N) is 1. The van der Waals surface area contributed by atoms with E-state index in [1.165, 1.54) is 12.2 Å². The Morgan fingerprint density at radius 3 is 2.26 bits per heavy atom. The molecule has 1 atom stereocenters. The van der Waals surface area contributed by atoms with E-state index in [-0.39, 0.29) is 18.3 Å². The molecule has 0 bridgehead atoms. The lowest BCUT2D eigenvalue weighted by molar-refractivity contribution is -0.114. The molecule has 1 aromatic rings. The summed E-state index contributed by atoms with van der Waals surface area (Å²) in [5, 5.41) is 0. The van der Waals surface area contributed by atoms with Crippen molar-refractivity contribution >= 4 is 17.8 Å². The van der Waals surface area contributed by atoms with Crippen molar-refractivity contribution in [3.63, 3.8) is 0 Å². The largest absolute Gasteiger partial charge is 0.348 e. The Morgan fingerprint density at radius 1 is 1.17 bits per heavy atom. The van der Waals surface area contributed by atoms with Gasteiger partial charge in [0.05, 0.1) is 6.61 Å². The highest BCUT2D eigenvalue weighted by Gasteiger charge is 2.33. The van der Waals surface area contributed by atoms with Crippen LogP contribution in [0.4, 0.5) is 5.69 Å². The Balaban J connectivity index is 0.00000127. The number of ketones is 1. The molecule has 4 heteroatoms. The number of aldehydes is 1. The van der Waals surface area contributed by atoms with Crippen LogP contribution in [0.15, 0.2) is 54.6 Å². The van der Waals surface area contributed by atoms with Crippen molar-refractivity contribution in [3.8, 4) is 0 Å². The summed E-state index contributed by atoms with van der Waals surface area (Å²) in [6.45, 7) is 6.08. The van der Waals surface area contributed by atoms with Crippen molar-refractivity contribution in [3.05, 3.63) is 54.6 Å². The van der Waals surface area contributed by atoms with Gasteiger partial charge in [0.15, 0.2) is 11.5 Å². The summed E-state index contributed by atoms with van der Waals surface area (Å²) in [5.41, 5.74) is 0.104. The molecule has 4 nitrogen and oxygen atoms in total. The molecule has 1 unspecified atom stereocenters. The van der Waals surface area contributed by atoms with E-state index in [0.717, 1.165) is 12.0 Å². The van der Waals surface area contributed by atoms with E-state index < -0.39 is 5.72 Å². The van der Waals surface area contributed by atoms with Crippen molar-refractivity contribution in [1.82, 2.24) is 0 Å². The lowest BCUT2D eigenvalue weighted by Crippen LogP contribution is -2.48. The Hall–Kier alpha value is -2.20. The predicted molar refractivity (Wildman–Crippen MR) is 93.4 cm³/mol. The number of hydrogen-bond acceptors (Lipinski definition) is 4. The normalized spacial score (nSPS) is 16.3. The molecule has 0 radical (unpaired) electrons. The molecular formula is C19H25NO3. The number of allylic oxidation sites excluding steroid dienone is 2. The molecule has 0 amide bonds. The Morgan fingerprint density at radius 2 is 1.74 bits per heavy atom. The molecule has 1 aliphatic rings. The number of rotatable bonds is 6. The lowest BCUT2D eigenvalue weighted by atomic mass is 10.0. The number of carbonyl (C=O) groups excluding carboxylic acids is 2. The fraction of sp³-hybridized carbons (Fsp3) is 0.368. The Labute approximate surface area is 138 Å². The average molecular weight is 315 g/mol. The van der Waals surface area contributed by atoms with Crippen molar-refractivity contribution < 1.29 is 14.3 Å². The minimum atomic E-state index is -0.855. The second-order valence-electron chi connectivity index (χ2n) is 5.14. The first-order valence-electron chi connectivity index (χ1n) is 7.88. The van der Waals surface area contributed by atoms with Crippen LogP contribution in [0.1, 0.15) is 20.8 Å². The molecule has 0 aromatic heterocycles. The highest BCUT2D eigenvalue weighted by molar-refractivity contribution is 6.00. The fourth-order valence-corrected chi connectivity index (χ4v) is 2.09. The molecule has 23 heavy (non-hydrogen) atoms. The van der Waals surface area contributed by atoms with Crippen LogP contribution in [-0.4, -0.2) is 31.4 Å². The van der Waals surface area contributed by atoms with Gasteiger partial charge in [-0.2, -0.15) is 0 Å². The number of likely N-dealkylation sites (N-methyl/N-ethyl adjacent to an activating group) is 1. The topological polar surface area (TPSA) is 46.6 Å². The van der Waals surface area contributed by atoms with Crippen LogP contribution in [0.5, 0.6) is 0 Å². The van der Waals surface area contributed by atoms with Crippen LogP contribution >= 0.6 is 0 Å². The van der Waals surface area contributed by atoms with Gasteiger partial charge >= 0.3 is 0 Å². The Kier molecular flexibility index (Phi) is 7.42. The second-order valence-corrected chi connectivity index (χ2v) is 5.14. The molecule has 0 aliphatic heterocycles. The van der Waals surface area contributed by atoms with Gasteiger partial charge in [-0.15, -0.1) is 0 Å². The van der Waals surface area contributed by atoms with Crippen LogP contribution in [0.25, 0.3) is 0 Å². The summed E-state index contributed by atoms with van der Waals surface area (Å²) < 4.78 is 5.96. The molecule has 0 fully saturated rings. The predicted octanol–water partition coefficient (Wildman–Crippen LogP) is 3.39. The van der Waals surface area contributed by atoms with E-state index in [1.54, 1.807) is 19.1 Å². The zero-order valence-electron chi connectivity index (χ0n) is 14.2. The number of carbonyl (C=O) groups is 2. The molecule has 0 heterocycles. The van der Waals surface area contributed by atoms with Crippen LogP contribution in [-0.2, 0) is 14.3 Å². The smallest absolute Gasteiger partial charge is 0.180 e. The molecule has 124 valence electrons. The van der Waals surface area contributed by atoms with Gasteiger partial charge in [0.2, 0.25) is 0 Å². The molecule has 0 saturated heterocycles. The van der Waals surface area contributed by atoms with Crippen LogP contribution < -0.4 is 4.90 Å². The maximum Gasteiger partial charge on any atom is 0.180 e. The molecule has 1 aliphatic carbocycles. The third kappa shape index (κ3) is 4.89. The summed E-state index contributed by atoms with van der Waals surface area (Å²) in [7, 11) is 1.89. The first-order chi connectivity index (χ1) is 11.1. The molecule has 0 N–H and O–H groups in total. The number of hydrogen-bond donors (Lipinski definition) is 0. The lowest BCUT2D eigenvalue weighted by Gasteiger charge is -2.40. The van der Waals surface area contributed by atoms with Gasteiger partial charge in [0.1, 0.15) is 6.29 Å². The highest BCUT2D eigenvalue weighted by atomic mass is 16.5. The van der Waals surface area contributed by atoms with E-state index in [1.807, 2.05) is 56.1 Å². The summed E-state index contributed by atoms with van der Waals surface area (Å²) in [5.74, 6) is -0.274. The summed E-state index contributed by atoms with van der Waals surface area (Å²) in [6, 6.07) is 9.75. The molecule has 0 saturated carbocycles. The van der Waals surface area contributed by atoms with E-state index in [4.69, 9.17) is 4.74 Å². The van der Waals surface area contributed by atoms with Crippen molar-refractivity contribution in [2.75, 3.05) is 18.6 Å².